The van der Waals surface area contributed by atoms with E-state index in [2.05, 4.69) is 20.3 Å². The second kappa shape index (κ2) is 4.56. The van der Waals surface area contributed by atoms with E-state index in [1.54, 1.807) is 7.11 Å². The summed E-state index contributed by atoms with van der Waals surface area (Å²) in [5, 5.41) is 10.9. The molecule has 0 aliphatic rings. The molecular formula is C13H12N4O2. The molecule has 0 aliphatic carbocycles. The van der Waals surface area contributed by atoms with Gasteiger partial charge in [0.15, 0.2) is 5.69 Å². The van der Waals surface area contributed by atoms with E-state index in [1.165, 1.54) is 0 Å². The molecule has 0 saturated carbocycles. The molecular weight excluding hydrogens is 244 g/mol. The van der Waals surface area contributed by atoms with Crippen molar-refractivity contribution in [1.82, 2.24) is 20.3 Å². The number of benzene rings is 1. The minimum absolute atomic E-state index is 0.391. The van der Waals surface area contributed by atoms with Crippen LogP contribution in [0.15, 0.2) is 34.9 Å². The van der Waals surface area contributed by atoms with Crippen LogP contribution in [0.25, 0.3) is 23.0 Å². The zero-order valence-corrected chi connectivity index (χ0v) is 10.5. The van der Waals surface area contributed by atoms with Gasteiger partial charge in [-0.3, -0.25) is 5.10 Å². The van der Waals surface area contributed by atoms with Crippen LogP contribution < -0.4 is 4.74 Å². The first-order chi connectivity index (χ1) is 9.26. The number of methoxy groups -OCH3 is 1. The first kappa shape index (κ1) is 11.5. The molecule has 1 N–H and O–H groups in total. The van der Waals surface area contributed by atoms with Gasteiger partial charge in [0.1, 0.15) is 5.75 Å². The van der Waals surface area contributed by atoms with Crippen LogP contribution in [0, 0.1) is 6.92 Å². The van der Waals surface area contributed by atoms with Crippen LogP contribution in [0.1, 0.15) is 5.69 Å². The lowest BCUT2D eigenvalue weighted by Gasteiger charge is -1.99. The van der Waals surface area contributed by atoms with E-state index in [4.69, 9.17) is 9.26 Å². The molecule has 0 saturated heterocycles. The van der Waals surface area contributed by atoms with Crippen LogP contribution in [0.5, 0.6) is 5.75 Å². The summed E-state index contributed by atoms with van der Waals surface area (Å²) in [5.41, 5.74) is 2.41. The average Bonchev–Trinajstić information content (AvgIpc) is 3.07. The summed E-state index contributed by atoms with van der Waals surface area (Å²) in [6.07, 6.45) is 0. The van der Waals surface area contributed by atoms with Crippen molar-refractivity contribution in [3.8, 4) is 28.7 Å². The third-order valence-corrected chi connectivity index (χ3v) is 2.68. The highest BCUT2D eigenvalue weighted by atomic mass is 16.5. The summed E-state index contributed by atoms with van der Waals surface area (Å²) >= 11 is 0. The number of aromatic amines is 1. The molecule has 0 fully saturated rings. The summed E-state index contributed by atoms with van der Waals surface area (Å²) in [5.74, 6) is 1.65. The zero-order chi connectivity index (χ0) is 13.2. The highest BCUT2D eigenvalue weighted by molar-refractivity contribution is 5.59. The molecule has 2 heterocycles. The number of ether oxygens (including phenoxy) is 1. The molecule has 0 spiro atoms. The number of nitrogens with zero attached hydrogens (tertiary/aromatic N) is 3. The molecule has 0 unspecified atom stereocenters. The van der Waals surface area contributed by atoms with E-state index in [9.17, 15) is 0 Å². The fourth-order valence-electron chi connectivity index (χ4n) is 1.73. The Labute approximate surface area is 109 Å². The number of hydrogen-bond donors (Lipinski definition) is 1. The smallest absolute Gasteiger partial charge is 0.278 e. The Balaban J connectivity index is 1.96. The van der Waals surface area contributed by atoms with Crippen LogP contribution in [-0.4, -0.2) is 27.4 Å². The molecule has 0 radical (unpaired) electrons. The topological polar surface area (TPSA) is 76.8 Å². The minimum atomic E-state index is 0.391. The quantitative estimate of drug-likeness (QED) is 0.778. The van der Waals surface area contributed by atoms with Gasteiger partial charge in [-0.05, 0) is 25.1 Å². The second-order valence-electron chi connectivity index (χ2n) is 4.09. The highest BCUT2D eigenvalue weighted by Gasteiger charge is 2.13. The van der Waals surface area contributed by atoms with Crippen LogP contribution in [0.3, 0.4) is 0 Å². The molecule has 19 heavy (non-hydrogen) atoms. The zero-order valence-electron chi connectivity index (χ0n) is 10.5. The van der Waals surface area contributed by atoms with Gasteiger partial charge in [0.05, 0.1) is 7.11 Å². The molecule has 1 aromatic carbocycles. The second-order valence-corrected chi connectivity index (χ2v) is 4.09. The SMILES string of the molecule is COc1cccc(-c2noc(-c3cc(C)[nH]n3)n2)c1. The standard InChI is InChI=1S/C13H12N4O2/c1-8-6-11(16-15-8)13-14-12(17-19-13)9-4-3-5-10(7-9)18-2/h3-7H,1-2H3,(H,15,16). The Kier molecular flexibility index (Phi) is 2.75. The van der Waals surface area contributed by atoms with Crippen molar-refractivity contribution in [2.24, 2.45) is 0 Å². The maximum Gasteiger partial charge on any atom is 0.278 e. The third kappa shape index (κ3) is 2.20. The van der Waals surface area contributed by atoms with Gasteiger partial charge < -0.3 is 9.26 Å². The fraction of sp³-hybridized carbons (Fsp3) is 0.154. The van der Waals surface area contributed by atoms with Gasteiger partial charge in [-0.2, -0.15) is 10.1 Å². The van der Waals surface area contributed by atoms with E-state index < -0.39 is 0 Å². The van der Waals surface area contributed by atoms with Crippen molar-refractivity contribution in [2.75, 3.05) is 7.11 Å². The Morgan fingerprint density at radius 1 is 1.26 bits per heavy atom. The van der Waals surface area contributed by atoms with E-state index in [1.807, 2.05) is 37.3 Å². The van der Waals surface area contributed by atoms with Crippen molar-refractivity contribution in [2.45, 2.75) is 6.92 Å². The molecule has 0 amide bonds. The van der Waals surface area contributed by atoms with Crippen molar-refractivity contribution in [3.05, 3.63) is 36.0 Å². The van der Waals surface area contributed by atoms with Crippen molar-refractivity contribution < 1.29 is 9.26 Å². The first-order valence-electron chi connectivity index (χ1n) is 5.77. The number of aromatic nitrogens is 4. The highest BCUT2D eigenvalue weighted by Crippen LogP contribution is 2.24. The lowest BCUT2D eigenvalue weighted by Crippen LogP contribution is -1.85. The Hall–Kier alpha value is -2.63. The summed E-state index contributed by atoms with van der Waals surface area (Å²) in [6, 6.07) is 9.34. The lowest BCUT2D eigenvalue weighted by atomic mass is 10.2. The van der Waals surface area contributed by atoms with Gasteiger partial charge in [-0.15, -0.1) is 0 Å². The molecule has 3 rings (SSSR count). The predicted octanol–water partition coefficient (Wildman–Crippen LogP) is 2.44. The third-order valence-electron chi connectivity index (χ3n) is 2.68. The van der Waals surface area contributed by atoms with E-state index in [0.29, 0.717) is 17.4 Å². The fourth-order valence-corrected chi connectivity index (χ4v) is 1.73. The normalized spacial score (nSPS) is 10.6. The van der Waals surface area contributed by atoms with Crippen LogP contribution >= 0.6 is 0 Å². The number of aryl methyl sites for hydroxylation is 1. The van der Waals surface area contributed by atoms with E-state index in [-0.39, 0.29) is 0 Å². The summed E-state index contributed by atoms with van der Waals surface area (Å²) in [4.78, 5) is 4.32. The van der Waals surface area contributed by atoms with Crippen molar-refractivity contribution in [3.63, 3.8) is 0 Å². The van der Waals surface area contributed by atoms with Gasteiger partial charge in [0.2, 0.25) is 5.82 Å². The number of nitrogens with one attached hydrogen (secondary N) is 1. The van der Waals surface area contributed by atoms with Gasteiger partial charge in [0, 0.05) is 11.3 Å². The molecule has 3 aromatic rings. The molecule has 0 atom stereocenters. The Morgan fingerprint density at radius 3 is 2.89 bits per heavy atom. The first-order valence-corrected chi connectivity index (χ1v) is 5.77. The number of rotatable bonds is 3. The molecule has 6 nitrogen and oxygen atoms in total. The van der Waals surface area contributed by atoms with Gasteiger partial charge in [0.25, 0.3) is 5.89 Å². The average molecular weight is 256 g/mol. The van der Waals surface area contributed by atoms with Crippen LogP contribution in [0.2, 0.25) is 0 Å². The van der Waals surface area contributed by atoms with Gasteiger partial charge in [-0.25, -0.2) is 0 Å². The summed E-state index contributed by atoms with van der Waals surface area (Å²) < 4.78 is 10.4. The summed E-state index contributed by atoms with van der Waals surface area (Å²) in [7, 11) is 1.62. The summed E-state index contributed by atoms with van der Waals surface area (Å²) in [6.45, 7) is 1.91. The monoisotopic (exact) mass is 256 g/mol. The molecule has 6 heteroatoms. The van der Waals surface area contributed by atoms with Crippen LogP contribution in [0.4, 0.5) is 0 Å². The molecule has 2 aromatic heterocycles. The maximum atomic E-state index is 5.21. The van der Waals surface area contributed by atoms with Crippen molar-refractivity contribution in [1.29, 1.82) is 0 Å². The van der Waals surface area contributed by atoms with Crippen molar-refractivity contribution >= 4 is 0 Å². The van der Waals surface area contributed by atoms with E-state index >= 15 is 0 Å². The van der Waals surface area contributed by atoms with Gasteiger partial charge >= 0.3 is 0 Å². The lowest BCUT2D eigenvalue weighted by molar-refractivity contribution is 0.414. The Bertz CT molecular complexity index is 702. The number of H-pyrrole nitrogens is 1. The molecule has 96 valence electrons. The van der Waals surface area contributed by atoms with Gasteiger partial charge in [-0.1, -0.05) is 17.3 Å². The maximum absolute atomic E-state index is 5.21. The molecule has 0 aliphatic heterocycles. The number of hydrogen-bond acceptors (Lipinski definition) is 5. The minimum Gasteiger partial charge on any atom is -0.497 e. The van der Waals surface area contributed by atoms with E-state index in [0.717, 1.165) is 17.0 Å². The van der Waals surface area contributed by atoms with Crippen LogP contribution in [-0.2, 0) is 0 Å². The Morgan fingerprint density at radius 2 is 2.16 bits per heavy atom. The molecule has 0 bridgehead atoms. The predicted molar refractivity (Wildman–Crippen MR) is 68.6 cm³/mol. The largest absolute Gasteiger partial charge is 0.497 e.